The molecule has 6 heteroatoms. The third-order valence-corrected chi connectivity index (χ3v) is 5.15. The lowest BCUT2D eigenvalue weighted by Gasteiger charge is -2.34. The van der Waals surface area contributed by atoms with Gasteiger partial charge in [-0.05, 0) is 30.5 Å². The highest BCUT2D eigenvalue weighted by Crippen LogP contribution is 2.47. The monoisotopic (exact) mass is 331 g/mol. The van der Waals surface area contributed by atoms with Crippen molar-refractivity contribution in [2.45, 2.75) is 25.2 Å². The molecule has 0 radical (unpaired) electrons. The lowest BCUT2D eigenvalue weighted by Crippen LogP contribution is -2.53. The lowest BCUT2D eigenvalue weighted by molar-refractivity contribution is -0.130. The van der Waals surface area contributed by atoms with E-state index in [1.807, 2.05) is 12.1 Å². The molecule has 2 fully saturated rings. The van der Waals surface area contributed by atoms with Crippen molar-refractivity contribution < 1.29 is 14.3 Å². The largest absolute Gasteiger partial charge is 0.497 e. The van der Waals surface area contributed by atoms with Crippen molar-refractivity contribution in [1.29, 1.82) is 0 Å². The van der Waals surface area contributed by atoms with Gasteiger partial charge in [0, 0.05) is 45.1 Å². The van der Waals surface area contributed by atoms with E-state index < -0.39 is 0 Å². The molecule has 1 aliphatic heterocycles. The Labute approximate surface area is 142 Å². The minimum absolute atomic E-state index is 0.0296. The number of amides is 3. The number of methoxy groups -OCH3 is 1. The molecule has 1 N–H and O–H groups in total. The molecule has 3 rings (SSSR count). The van der Waals surface area contributed by atoms with E-state index in [0.29, 0.717) is 32.7 Å². The number of hydrogen-bond acceptors (Lipinski definition) is 3. The molecule has 3 amide bonds. The van der Waals surface area contributed by atoms with Crippen LogP contribution in [0.15, 0.2) is 24.3 Å². The molecule has 1 saturated heterocycles. The van der Waals surface area contributed by atoms with Crippen molar-refractivity contribution in [3.63, 3.8) is 0 Å². The van der Waals surface area contributed by atoms with Crippen LogP contribution in [0.1, 0.15) is 25.3 Å². The van der Waals surface area contributed by atoms with Crippen LogP contribution >= 0.6 is 0 Å². The minimum Gasteiger partial charge on any atom is -0.497 e. The van der Waals surface area contributed by atoms with Crippen molar-refractivity contribution in [2.24, 2.45) is 0 Å². The number of benzene rings is 1. The van der Waals surface area contributed by atoms with Crippen molar-refractivity contribution in [1.82, 2.24) is 15.1 Å². The van der Waals surface area contributed by atoms with Gasteiger partial charge in [-0.25, -0.2) is 4.79 Å². The number of carbonyl (C=O) groups excluding carboxylic acids is 2. The molecule has 2 aliphatic rings. The van der Waals surface area contributed by atoms with E-state index in [4.69, 9.17) is 4.74 Å². The quantitative estimate of drug-likeness (QED) is 0.911. The Morgan fingerprint density at radius 1 is 1.08 bits per heavy atom. The van der Waals surface area contributed by atoms with Crippen LogP contribution < -0.4 is 10.1 Å². The zero-order valence-corrected chi connectivity index (χ0v) is 14.4. The Hall–Kier alpha value is -2.24. The van der Waals surface area contributed by atoms with Crippen molar-refractivity contribution >= 4 is 11.9 Å². The Kier molecular flexibility index (Phi) is 4.64. The summed E-state index contributed by atoms with van der Waals surface area (Å²) >= 11 is 0. The van der Waals surface area contributed by atoms with Gasteiger partial charge in [0.2, 0.25) is 5.91 Å². The summed E-state index contributed by atoms with van der Waals surface area (Å²) in [5, 5.41) is 3.08. The molecular weight excluding hydrogens is 306 g/mol. The second kappa shape index (κ2) is 6.71. The maximum Gasteiger partial charge on any atom is 0.317 e. The van der Waals surface area contributed by atoms with Gasteiger partial charge in [-0.15, -0.1) is 0 Å². The van der Waals surface area contributed by atoms with Crippen LogP contribution in [-0.4, -0.2) is 61.6 Å². The number of rotatable bonds is 4. The predicted octanol–water partition coefficient (Wildman–Crippen LogP) is 1.60. The first-order valence-electron chi connectivity index (χ1n) is 8.47. The molecule has 1 aliphatic carbocycles. The summed E-state index contributed by atoms with van der Waals surface area (Å²) < 4.78 is 5.20. The molecule has 0 aromatic heterocycles. The third-order valence-electron chi connectivity index (χ3n) is 5.15. The number of urea groups is 1. The maximum absolute atomic E-state index is 12.4. The second-order valence-corrected chi connectivity index (χ2v) is 6.66. The van der Waals surface area contributed by atoms with E-state index in [1.54, 1.807) is 23.8 Å². The number of carbonyl (C=O) groups is 2. The maximum atomic E-state index is 12.4. The fourth-order valence-corrected chi connectivity index (χ4v) is 3.24. The Balaban J connectivity index is 1.51. The first-order valence-corrected chi connectivity index (χ1v) is 8.47. The number of hydrogen-bond donors (Lipinski definition) is 1. The minimum atomic E-state index is -0.0296. The number of ether oxygens (including phenoxy) is 1. The first-order chi connectivity index (χ1) is 11.5. The second-order valence-electron chi connectivity index (χ2n) is 6.66. The van der Waals surface area contributed by atoms with Crippen LogP contribution in [-0.2, 0) is 10.2 Å². The summed E-state index contributed by atoms with van der Waals surface area (Å²) in [6.45, 7) is 4.66. The number of nitrogens with one attached hydrogen (secondary N) is 1. The van der Waals surface area contributed by atoms with E-state index in [9.17, 15) is 9.59 Å². The third kappa shape index (κ3) is 3.47. The molecule has 0 atom stereocenters. The van der Waals surface area contributed by atoms with E-state index in [-0.39, 0.29) is 17.4 Å². The standard InChI is InChI=1S/C18H25N3O3/c1-14(22)20-9-11-21(12-10-20)17(23)19-13-18(7-8-18)15-3-5-16(24-2)6-4-15/h3-6H,7-13H2,1-2H3,(H,19,23). The van der Waals surface area contributed by atoms with Crippen LogP contribution in [0.4, 0.5) is 4.79 Å². The van der Waals surface area contributed by atoms with Crippen LogP contribution in [0.5, 0.6) is 5.75 Å². The highest BCUT2D eigenvalue weighted by molar-refractivity contribution is 5.76. The van der Waals surface area contributed by atoms with Gasteiger partial charge in [-0.2, -0.15) is 0 Å². The highest BCUT2D eigenvalue weighted by atomic mass is 16.5. The normalized spacial score (nSPS) is 18.9. The van der Waals surface area contributed by atoms with Gasteiger partial charge in [0.1, 0.15) is 5.75 Å². The lowest BCUT2D eigenvalue weighted by atomic mass is 9.96. The van der Waals surface area contributed by atoms with E-state index >= 15 is 0 Å². The molecule has 1 saturated carbocycles. The predicted molar refractivity (Wildman–Crippen MR) is 91.1 cm³/mol. The van der Waals surface area contributed by atoms with E-state index in [0.717, 1.165) is 18.6 Å². The SMILES string of the molecule is COc1ccc(C2(CNC(=O)N3CCN(C(C)=O)CC3)CC2)cc1. The van der Waals surface area contributed by atoms with Gasteiger partial charge in [0.25, 0.3) is 0 Å². The molecule has 6 nitrogen and oxygen atoms in total. The molecular formula is C18H25N3O3. The van der Waals surface area contributed by atoms with Gasteiger partial charge in [-0.3, -0.25) is 4.79 Å². The zero-order chi connectivity index (χ0) is 17.2. The van der Waals surface area contributed by atoms with Gasteiger partial charge < -0.3 is 19.9 Å². The van der Waals surface area contributed by atoms with Crippen LogP contribution in [0, 0.1) is 0 Å². The van der Waals surface area contributed by atoms with Crippen molar-refractivity contribution in [3.8, 4) is 5.75 Å². The van der Waals surface area contributed by atoms with E-state index in [2.05, 4.69) is 17.4 Å². The summed E-state index contributed by atoms with van der Waals surface area (Å²) in [6, 6.07) is 8.09. The Morgan fingerprint density at radius 2 is 1.67 bits per heavy atom. The summed E-state index contributed by atoms with van der Waals surface area (Å²) in [5.41, 5.74) is 1.33. The summed E-state index contributed by atoms with van der Waals surface area (Å²) in [7, 11) is 1.66. The first kappa shape index (κ1) is 16.6. The Bertz CT molecular complexity index is 602. The Morgan fingerprint density at radius 3 is 2.17 bits per heavy atom. The van der Waals surface area contributed by atoms with Gasteiger partial charge >= 0.3 is 6.03 Å². The molecule has 0 spiro atoms. The average Bonchev–Trinajstić information content (AvgIpc) is 3.41. The zero-order valence-electron chi connectivity index (χ0n) is 14.4. The molecule has 1 heterocycles. The van der Waals surface area contributed by atoms with E-state index in [1.165, 1.54) is 5.56 Å². The smallest absolute Gasteiger partial charge is 0.317 e. The molecule has 1 aromatic rings. The highest BCUT2D eigenvalue weighted by Gasteiger charge is 2.44. The van der Waals surface area contributed by atoms with Crippen LogP contribution in [0.25, 0.3) is 0 Å². The topological polar surface area (TPSA) is 61.9 Å². The number of nitrogens with zero attached hydrogens (tertiary/aromatic N) is 2. The average molecular weight is 331 g/mol. The molecule has 24 heavy (non-hydrogen) atoms. The fourth-order valence-electron chi connectivity index (χ4n) is 3.24. The summed E-state index contributed by atoms with van der Waals surface area (Å²) in [5.74, 6) is 0.924. The van der Waals surface area contributed by atoms with Crippen molar-refractivity contribution in [2.75, 3.05) is 39.8 Å². The molecule has 0 unspecified atom stereocenters. The van der Waals surface area contributed by atoms with Crippen molar-refractivity contribution in [3.05, 3.63) is 29.8 Å². The van der Waals surface area contributed by atoms with Gasteiger partial charge in [0.05, 0.1) is 7.11 Å². The van der Waals surface area contributed by atoms with Gasteiger partial charge in [-0.1, -0.05) is 12.1 Å². The van der Waals surface area contributed by atoms with Crippen LogP contribution in [0.2, 0.25) is 0 Å². The molecule has 130 valence electrons. The molecule has 1 aromatic carbocycles. The fraction of sp³-hybridized carbons (Fsp3) is 0.556. The number of piperazine rings is 1. The summed E-state index contributed by atoms with van der Waals surface area (Å²) in [6.07, 6.45) is 2.19. The summed E-state index contributed by atoms with van der Waals surface area (Å²) in [4.78, 5) is 27.3. The molecule has 0 bridgehead atoms. The van der Waals surface area contributed by atoms with Gasteiger partial charge in [0.15, 0.2) is 0 Å². The van der Waals surface area contributed by atoms with Crippen LogP contribution in [0.3, 0.4) is 0 Å².